The van der Waals surface area contributed by atoms with Crippen LogP contribution in [0.4, 0.5) is 0 Å². The average molecular weight is 835 g/mol. The number of para-hydroxylation sites is 3. The molecule has 0 unspecified atom stereocenters. The van der Waals surface area contributed by atoms with Gasteiger partial charge in [0, 0.05) is 62.8 Å². The van der Waals surface area contributed by atoms with Crippen LogP contribution in [0.3, 0.4) is 0 Å². The maximum Gasteiger partial charge on any atom is 2.00 e. The topological polar surface area (TPSA) is 49.3 Å². The molecule has 0 aliphatic heterocycles. The number of aromatic nitrogens is 5. The summed E-state index contributed by atoms with van der Waals surface area (Å²) in [6.07, 6.45) is 5.74. The first-order valence-electron chi connectivity index (χ1n) is 16.6. The molecule has 0 spiro atoms. The van der Waals surface area contributed by atoms with Gasteiger partial charge in [0.25, 0.3) is 0 Å². The molecule has 11 rings (SSSR count). The quantitative estimate of drug-likeness (QED) is 0.131. The summed E-state index contributed by atoms with van der Waals surface area (Å²) in [5.41, 5.74) is 8.21. The number of ether oxygens (including phenoxy) is 1. The maximum atomic E-state index is 6.48. The van der Waals surface area contributed by atoms with Gasteiger partial charge in [0.1, 0.15) is 5.65 Å². The molecule has 0 radical (unpaired) electrons. The number of hydrogen-bond donors (Lipinski definition) is 0. The number of fused-ring (bicyclic) bond motifs is 13. The zero-order valence-corrected chi connectivity index (χ0v) is 29.2. The molecule has 0 saturated heterocycles. The summed E-state index contributed by atoms with van der Waals surface area (Å²) in [6, 6.07) is 53.2. The van der Waals surface area contributed by atoms with Crippen molar-refractivity contribution in [3.8, 4) is 22.9 Å². The first kappa shape index (κ1) is 29.7. The monoisotopic (exact) mass is 834 g/mol. The van der Waals surface area contributed by atoms with Crippen molar-refractivity contribution < 1.29 is 25.8 Å². The second-order valence-corrected chi connectivity index (χ2v) is 12.5. The molecule has 11 aromatic rings. The molecule has 0 amide bonds. The second-order valence-electron chi connectivity index (χ2n) is 12.5. The van der Waals surface area contributed by atoms with Crippen LogP contribution in [-0.2, 0) is 21.1 Å². The van der Waals surface area contributed by atoms with E-state index < -0.39 is 0 Å². The van der Waals surface area contributed by atoms with Gasteiger partial charge in [-0.3, -0.25) is 4.98 Å². The molecule has 6 aromatic carbocycles. The fourth-order valence-corrected chi connectivity index (χ4v) is 7.75. The molecule has 5 aromatic heterocycles. The minimum Gasteiger partial charge on any atom is -0.503 e. The van der Waals surface area contributed by atoms with E-state index >= 15 is 0 Å². The van der Waals surface area contributed by atoms with Crippen molar-refractivity contribution in [1.29, 1.82) is 0 Å². The third kappa shape index (κ3) is 4.33. The Balaban J connectivity index is 0.00000327. The summed E-state index contributed by atoms with van der Waals surface area (Å²) in [4.78, 5) is 9.58. The van der Waals surface area contributed by atoms with Crippen molar-refractivity contribution in [3.05, 3.63) is 164 Å². The maximum absolute atomic E-state index is 6.48. The van der Waals surface area contributed by atoms with Gasteiger partial charge in [0.05, 0.1) is 22.2 Å². The average Bonchev–Trinajstić information content (AvgIpc) is 3.89. The molecule has 0 saturated carbocycles. The van der Waals surface area contributed by atoms with Crippen molar-refractivity contribution in [2.24, 2.45) is 0 Å². The Hall–Kier alpha value is -6.23. The van der Waals surface area contributed by atoms with Crippen molar-refractivity contribution >= 4 is 71.1 Å². The van der Waals surface area contributed by atoms with E-state index in [1.807, 2.05) is 48.9 Å². The molecule has 0 fully saturated rings. The third-order valence-corrected chi connectivity index (χ3v) is 9.79. The van der Waals surface area contributed by atoms with Crippen LogP contribution in [0.1, 0.15) is 0 Å². The van der Waals surface area contributed by atoms with E-state index in [1.54, 1.807) is 0 Å². The molecule has 51 heavy (non-hydrogen) atoms. The van der Waals surface area contributed by atoms with Crippen molar-refractivity contribution in [3.63, 3.8) is 0 Å². The standard InChI is InChI=1S/C44H25N5O.Pt/c1-2-10-28(11-3-1)48-39-18-7-5-15-36(39)41-40(48)22-21-34-32-20-19-31(27-37(32)43-46-24-25-47(43)42(34)41)50-30-13-8-12-29(26-30)49-38-17-6-4-14-33(38)35-16-9-23-45-44(35)49;/h1-25H;/q-2;+2. The van der Waals surface area contributed by atoms with Gasteiger partial charge in [-0.25, -0.2) is 4.98 Å². The number of hydrogen-bond acceptors (Lipinski definition) is 3. The largest absolute Gasteiger partial charge is 2.00 e. The van der Waals surface area contributed by atoms with Gasteiger partial charge >= 0.3 is 21.1 Å². The summed E-state index contributed by atoms with van der Waals surface area (Å²) >= 11 is 0. The summed E-state index contributed by atoms with van der Waals surface area (Å²) < 4.78 is 13.2. The van der Waals surface area contributed by atoms with E-state index in [0.29, 0.717) is 11.5 Å². The van der Waals surface area contributed by atoms with Crippen LogP contribution in [0.2, 0.25) is 0 Å². The van der Waals surface area contributed by atoms with E-state index in [0.717, 1.165) is 66.2 Å². The van der Waals surface area contributed by atoms with E-state index in [2.05, 4.69) is 129 Å². The number of imidazole rings is 1. The van der Waals surface area contributed by atoms with Gasteiger partial charge in [-0.1, -0.05) is 83.2 Å². The minimum absolute atomic E-state index is 0. The molecule has 0 N–H and O–H groups in total. The Morgan fingerprint density at radius 1 is 0.490 bits per heavy atom. The smallest absolute Gasteiger partial charge is 0.503 e. The van der Waals surface area contributed by atoms with Gasteiger partial charge in [0.15, 0.2) is 0 Å². The fraction of sp³-hybridized carbons (Fsp3) is 0. The number of nitrogens with zero attached hydrogens (tertiary/aromatic N) is 5. The van der Waals surface area contributed by atoms with Crippen LogP contribution < -0.4 is 4.74 Å². The number of rotatable bonds is 4. The minimum atomic E-state index is 0. The molecule has 0 atom stereocenters. The second kappa shape index (κ2) is 11.4. The zero-order chi connectivity index (χ0) is 32.8. The van der Waals surface area contributed by atoms with Crippen LogP contribution >= 0.6 is 0 Å². The SMILES string of the molecule is [Pt+2].[c-]1c(Oc2[c-]c3c(cc2)c2ccc4c(c5ccccc5n4-c4ccccc4)c2n2ccnc32)cccc1-n1c2ccccc2c2cccnc21. The first-order chi connectivity index (χ1) is 24.8. The van der Waals surface area contributed by atoms with E-state index in [4.69, 9.17) is 14.7 Å². The molecular weight excluding hydrogens is 810 g/mol. The van der Waals surface area contributed by atoms with Crippen molar-refractivity contribution in [2.75, 3.05) is 0 Å². The predicted octanol–water partition coefficient (Wildman–Crippen LogP) is 10.6. The van der Waals surface area contributed by atoms with Gasteiger partial charge in [-0.2, -0.15) is 6.07 Å². The Morgan fingerprint density at radius 2 is 1.22 bits per heavy atom. The van der Waals surface area contributed by atoms with Gasteiger partial charge < -0.3 is 18.3 Å². The Morgan fingerprint density at radius 3 is 2.10 bits per heavy atom. The zero-order valence-electron chi connectivity index (χ0n) is 26.9. The van der Waals surface area contributed by atoms with Crippen molar-refractivity contribution in [1.82, 2.24) is 23.5 Å². The molecule has 5 heterocycles. The Labute approximate surface area is 306 Å². The Kier molecular flexibility index (Phi) is 6.64. The summed E-state index contributed by atoms with van der Waals surface area (Å²) in [5.74, 6) is 1.19. The summed E-state index contributed by atoms with van der Waals surface area (Å²) in [5, 5.41) is 7.73. The molecule has 0 aliphatic rings. The number of benzene rings is 6. The number of pyridine rings is 2. The summed E-state index contributed by atoms with van der Waals surface area (Å²) in [6.45, 7) is 0. The first-order valence-corrected chi connectivity index (χ1v) is 16.6. The van der Waals surface area contributed by atoms with Crippen LogP contribution in [0.5, 0.6) is 11.5 Å². The predicted molar refractivity (Wildman–Crippen MR) is 201 cm³/mol. The van der Waals surface area contributed by atoms with Crippen LogP contribution in [0.25, 0.3) is 82.4 Å². The van der Waals surface area contributed by atoms with Gasteiger partial charge in [-0.15, -0.1) is 30.3 Å². The van der Waals surface area contributed by atoms with E-state index in [-0.39, 0.29) is 21.1 Å². The molecule has 0 aliphatic carbocycles. The van der Waals surface area contributed by atoms with Gasteiger partial charge in [0.2, 0.25) is 0 Å². The normalized spacial score (nSPS) is 11.8. The molecular formula is C44H25N5OPt. The Bertz CT molecular complexity index is 3090. The molecule has 0 bridgehead atoms. The molecule has 242 valence electrons. The van der Waals surface area contributed by atoms with Crippen LogP contribution in [0.15, 0.2) is 152 Å². The van der Waals surface area contributed by atoms with Crippen LogP contribution in [0, 0.1) is 12.1 Å². The summed E-state index contributed by atoms with van der Waals surface area (Å²) in [7, 11) is 0. The fourth-order valence-electron chi connectivity index (χ4n) is 7.75. The van der Waals surface area contributed by atoms with E-state index in [9.17, 15) is 0 Å². The van der Waals surface area contributed by atoms with Crippen molar-refractivity contribution in [2.45, 2.75) is 0 Å². The molecule has 7 heteroatoms. The molecule has 6 nitrogen and oxygen atoms in total. The third-order valence-electron chi connectivity index (χ3n) is 9.79. The van der Waals surface area contributed by atoms with Crippen LogP contribution in [-0.4, -0.2) is 23.5 Å². The van der Waals surface area contributed by atoms with Gasteiger partial charge in [-0.05, 0) is 47.9 Å². The van der Waals surface area contributed by atoms with E-state index in [1.165, 1.54) is 16.3 Å².